The number of benzene rings is 1. The summed E-state index contributed by atoms with van der Waals surface area (Å²) in [6.45, 7) is 2.57. The van der Waals surface area contributed by atoms with Crippen LogP contribution in [0.25, 0.3) is 0 Å². The number of nitrogens with zero attached hydrogens (tertiary/aromatic N) is 1. The smallest absolute Gasteiger partial charge is 0.410 e. The predicted octanol–water partition coefficient (Wildman–Crippen LogP) is 2.93. The van der Waals surface area contributed by atoms with Crippen molar-refractivity contribution >= 4 is 11.9 Å². The van der Waals surface area contributed by atoms with E-state index >= 15 is 0 Å². The van der Waals surface area contributed by atoms with E-state index in [2.05, 4.69) is 0 Å². The van der Waals surface area contributed by atoms with Gasteiger partial charge in [-0.1, -0.05) is 42.5 Å². The standard InChI is InChI=1S/C16H19NO3/c1-2-6-14-11-15(18)9-10-17(14)16(19)20-12-13-7-4-3-5-8-13/h2-8,14H,9-12H2,1H3/b6-2-. The number of amides is 1. The normalized spacial score (nSPS) is 19.4. The van der Waals surface area contributed by atoms with Gasteiger partial charge in [-0.05, 0) is 12.5 Å². The van der Waals surface area contributed by atoms with E-state index in [1.54, 1.807) is 4.90 Å². The van der Waals surface area contributed by atoms with E-state index in [1.807, 2.05) is 49.4 Å². The minimum absolute atomic E-state index is 0.176. The van der Waals surface area contributed by atoms with E-state index in [1.165, 1.54) is 0 Å². The first-order valence-electron chi connectivity index (χ1n) is 6.82. The number of piperidine rings is 1. The van der Waals surface area contributed by atoms with E-state index in [9.17, 15) is 9.59 Å². The lowest BCUT2D eigenvalue weighted by Gasteiger charge is -2.32. The van der Waals surface area contributed by atoms with Crippen LogP contribution in [-0.2, 0) is 16.1 Å². The van der Waals surface area contributed by atoms with Crippen molar-refractivity contribution in [1.82, 2.24) is 4.90 Å². The molecule has 1 heterocycles. The molecule has 2 rings (SSSR count). The number of allylic oxidation sites excluding steroid dienone is 1. The van der Waals surface area contributed by atoms with Gasteiger partial charge in [-0.25, -0.2) is 4.79 Å². The van der Waals surface area contributed by atoms with Crippen molar-refractivity contribution in [3.63, 3.8) is 0 Å². The van der Waals surface area contributed by atoms with Gasteiger partial charge < -0.3 is 9.64 Å². The number of Topliss-reactive ketones (excluding diaryl/α,β-unsaturated/α-hetero) is 1. The van der Waals surface area contributed by atoms with Crippen LogP contribution in [0.5, 0.6) is 0 Å². The van der Waals surface area contributed by atoms with E-state index in [-0.39, 0.29) is 24.5 Å². The second kappa shape index (κ2) is 6.89. The second-order valence-electron chi connectivity index (χ2n) is 4.82. The highest BCUT2D eigenvalue weighted by atomic mass is 16.6. The highest BCUT2D eigenvalue weighted by molar-refractivity contribution is 5.82. The van der Waals surface area contributed by atoms with Crippen molar-refractivity contribution in [2.45, 2.75) is 32.4 Å². The summed E-state index contributed by atoms with van der Waals surface area (Å²) >= 11 is 0. The Kier molecular flexibility index (Phi) is 4.93. The van der Waals surface area contributed by atoms with Gasteiger partial charge in [-0.3, -0.25) is 4.79 Å². The maximum Gasteiger partial charge on any atom is 0.410 e. The molecular weight excluding hydrogens is 254 g/mol. The first-order chi connectivity index (χ1) is 9.70. The predicted molar refractivity (Wildman–Crippen MR) is 76.2 cm³/mol. The summed E-state index contributed by atoms with van der Waals surface area (Å²) in [7, 11) is 0. The quantitative estimate of drug-likeness (QED) is 0.795. The molecule has 0 aromatic heterocycles. The van der Waals surface area contributed by atoms with Crippen molar-refractivity contribution in [1.29, 1.82) is 0 Å². The number of hydrogen-bond donors (Lipinski definition) is 0. The summed E-state index contributed by atoms with van der Waals surface area (Å²) in [5.74, 6) is 0.195. The van der Waals surface area contributed by atoms with Gasteiger partial charge in [-0.2, -0.15) is 0 Å². The lowest BCUT2D eigenvalue weighted by Crippen LogP contribution is -2.45. The van der Waals surface area contributed by atoms with Gasteiger partial charge in [0.05, 0.1) is 6.04 Å². The van der Waals surface area contributed by atoms with Crippen molar-refractivity contribution in [3.05, 3.63) is 48.0 Å². The van der Waals surface area contributed by atoms with Crippen molar-refractivity contribution < 1.29 is 14.3 Å². The minimum atomic E-state index is -0.357. The number of rotatable bonds is 3. The largest absolute Gasteiger partial charge is 0.445 e. The molecule has 1 atom stereocenters. The SMILES string of the molecule is C/C=C\C1CC(=O)CCN1C(=O)OCc1ccccc1. The summed E-state index contributed by atoms with van der Waals surface area (Å²) in [6, 6.07) is 9.39. The maximum absolute atomic E-state index is 12.1. The molecule has 1 saturated heterocycles. The average Bonchev–Trinajstić information content (AvgIpc) is 2.46. The third kappa shape index (κ3) is 3.70. The monoisotopic (exact) mass is 273 g/mol. The summed E-state index contributed by atoms with van der Waals surface area (Å²) in [5, 5.41) is 0. The molecule has 0 saturated carbocycles. The highest BCUT2D eigenvalue weighted by Gasteiger charge is 2.29. The van der Waals surface area contributed by atoms with E-state index < -0.39 is 0 Å². The number of ketones is 1. The van der Waals surface area contributed by atoms with E-state index in [4.69, 9.17) is 4.74 Å². The zero-order valence-corrected chi connectivity index (χ0v) is 11.6. The molecule has 1 fully saturated rings. The van der Waals surface area contributed by atoms with Gasteiger partial charge in [-0.15, -0.1) is 0 Å². The molecule has 1 aliphatic rings. The van der Waals surface area contributed by atoms with E-state index in [0.29, 0.717) is 19.4 Å². The van der Waals surface area contributed by atoms with Crippen molar-refractivity contribution in [3.8, 4) is 0 Å². The summed E-state index contributed by atoms with van der Waals surface area (Å²) in [5.41, 5.74) is 0.955. The molecule has 4 heteroatoms. The maximum atomic E-state index is 12.1. The molecule has 1 aromatic carbocycles. The summed E-state index contributed by atoms with van der Waals surface area (Å²) < 4.78 is 5.32. The minimum Gasteiger partial charge on any atom is -0.445 e. The molecule has 106 valence electrons. The highest BCUT2D eigenvalue weighted by Crippen LogP contribution is 2.17. The Morgan fingerprint density at radius 3 is 2.85 bits per heavy atom. The molecule has 4 nitrogen and oxygen atoms in total. The first kappa shape index (κ1) is 14.3. The Balaban J connectivity index is 1.95. The van der Waals surface area contributed by atoms with Crippen molar-refractivity contribution in [2.24, 2.45) is 0 Å². The molecule has 0 radical (unpaired) electrons. The Morgan fingerprint density at radius 1 is 1.40 bits per heavy atom. The van der Waals surface area contributed by atoms with Gasteiger partial charge in [0.15, 0.2) is 0 Å². The second-order valence-corrected chi connectivity index (χ2v) is 4.82. The van der Waals surface area contributed by atoms with Crippen LogP contribution < -0.4 is 0 Å². The lowest BCUT2D eigenvalue weighted by molar-refractivity contribution is -0.122. The zero-order valence-electron chi connectivity index (χ0n) is 11.6. The summed E-state index contributed by atoms with van der Waals surface area (Å²) in [4.78, 5) is 25.2. The van der Waals surface area contributed by atoms with Crippen LogP contribution >= 0.6 is 0 Å². The Bertz CT molecular complexity index is 496. The Hall–Kier alpha value is -2.10. The Morgan fingerprint density at radius 2 is 2.15 bits per heavy atom. The van der Waals surface area contributed by atoms with Crippen LogP contribution in [0.3, 0.4) is 0 Å². The number of carbonyl (C=O) groups excluding carboxylic acids is 2. The van der Waals surface area contributed by atoms with Gasteiger partial charge in [0.2, 0.25) is 0 Å². The van der Waals surface area contributed by atoms with Crippen LogP contribution in [0.4, 0.5) is 4.79 Å². The van der Waals surface area contributed by atoms with Gasteiger partial charge in [0.1, 0.15) is 12.4 Å². The van der Waals surface area contributed by atoms with Crippen LogP contribution in [0.2, 0.25) is 0 Å². The Labute approximate surface area is 119 Å². The fourth-order valence-corrected chi connectivity index (χ4v) is 2.28. The number of carbonyl (C=O) groups is 2. The summed E-state index contributed by atoms with van der Waals surface area (Å²) in [6.07, 6.45) is 4.17. The van der Waals surface area contributed by atoms with Crippen LogP contribution in [0, 0.1) is 0 Å². The topological polar surface area (TPSA) is 46.6 Å². The molecule has 0 N–H and O–H groups in total. The average molecular weight is 273 g/mol. The molecule has 1 aliphatic heterocycles. The molecule has 0 spiro atoms. The van der Waals surface area contributed by atoms with Crippen LogP contribution in [0.1, 0.15) is 25.3 Å². The third-order valence-corrected chi connectivity index (χ3v) is 3.32. The molecule has 1 amide bonds. The molecule has 1 unspecified atom stereocenters. The third-order valence-electron chi connectivity index (χ3n) is 3.32. The first-order valence-corrected chi connectivity index (χ1v) is 6.82. The number of likely N-dealkylation sites (tertiary alicyclic amines) is 1. The molecule has 1 aromatic rings. The van der Waals surface area contributed by atoms with Crippen LogP contribution in [-0.4, -0.2) is 29.4 Å². The molecule has 0 bridgehead atoms. The fourth-order valence-electron chi connectivity index (χ4n) is 2.28. The lowest BCUT2D eigenvalue weighted by atomic mass is 10.0. The van der Waals surface area contributed by atoms with Gasteiger partial charge in [0.25, 0.3) is 0 Å². The van der Waals surface area contributed by atoms with Crippen LogP contribution in [0.15, 0.2) is 42.5 Å². The van der Waals surface area contributed by atoms with E-state index in [0.717, 1.165) is 5.56 Å². The number of ether oxygens (including phenoxy) is 1. The fraction of sp³-hybridized carbons (Fsp3) is 0.375. The molecular formula is C16H19NO3. The molecule has 20 heavy (non-hydrogen) atoms. The number of hydrogen-bond acceptors (Lipinski definition) is 3. The van der Waals surface area contributed by atoms with Gasteiger partial charge >= 0.3 is 6.09 Å². The van der Waals surface area contributed by atoms with Gasteiger partial charge in [0, 0.05) is 19.4 Å². The molecule has 0 aliphatic carbocycles. The zero-order chi connectivity index (χ0) is 14.4. The van der Waals surface area contributed by atoms with Crippen molar-refractivity contribution in [2.75, 3.05) is 6.54 Å².